The summed E-state index contributed by atoms with van der Waals surface area (Å²) in [6.45, 7) is 4.04. The highest BCUT2D eigenvalue weighted by molar-refractivity contribution is 6.28. The van der Waals surface area contributed by atoms with Gasteiger partial charge in [-0.05, 0) is 11.6 Å². The number of hydrogen-bond acceptors (Lipinski definition) is 3. The fourth-order valence-electron chi connectivity index (χ4n) is 1.24. The zero-order valence-corrected chi connectivity index (χ0v) is 7.95. The lowest BCUT2D eigenvalue weighted by Gasteiger charge is -1.96. The van der Waals surface area contributed by atoms with Crippen molar-refractivity contribution in [3.63, 3.8) is 0 Å². The van der Waals surface area contributed by atoms with Crippen LogP contribution in [0.4, 0.5) is 0 Å². The van der Waals surface area contributed by atoms with Crippen LogP contribution in [0, 0.1) is 0 Å². The van der Waals surface area contributed by atoms with E-state index in [1.807, 2.05) is 0 Å². The maximum atomic E-state index is 11.5. The van der Waals surface area contributed by atoms with Crippen LogP contribution in [0.3, 0.4) is 0 Å². The van der Waals surface area contributed by atoms with Gasteiger partial charge < -0.3 is 0 Å². The van der Waals surface area contributed by atoms with Gasteiger partial charge in [-0.15, -0.1) is 6.58 Å². The van der Waals surface area contributed by atoms with Gasteiger partial charge in [0.05, 0.1) is 12.7 Å². The normalized spacial score (nSPS) is 10.6. The third kappa shape index (κ3) is 1.31. The number of nitrogens with zero attached hydrogens (tertiary/aromatic N) is 3. The Morgan fingerprint density at radius 2 is 2.50 bits per heavy atom. The quantitative estimate of drug-likeness (QED) is 0.593. The first-order valence-corrected chi connectivity index (χ1v) is 4.32. The molecule has 0 radical (unpaired) electrons. The summed E-state index contributed by atoms with van der Waals surface area (Å²) >= 11 is 5.59. The highest BCUT2D eigenvalue weighted by atomic mass is 35.5. The van der Waals surface area contributed by atoms with Crippen LogP contribution in [0.15, 0.2) is 23.6 Å². The van der Waals surface area contributed by atoms with E-state index in [9.17, 15) is 4.79 Å². The summed E-state index contributed by atoms with van der Waals surface area (Å²) in [6, 6.07) is 0. The molecule has 2 rings (SSSR count). The molecule has 2 aromatic rings. The average Bonchev–Trinajstić information content (AvgIpc) is 2.49. The van der Waals surface area contributed by atoms with Crippen LogP contribution < -0.4 is 5.56 Å². The number of aromatic amines is 1. The maximum Gasteiger partial charge on any atom is 0.278 e. The summed E-state index contributed by atoms with van der Waals surface area (Å²) in [5.74, 6) is 0. The number of H-pyrrole nitrogens is 1. The topological polar surface area (TPSA) is 63.6 Å². The molecule has 0 aliphatic heterocycles. The van der Waals surface area contributed by atoms with E-state index in [1.165, 1.54) is 10.9 Å². The van der Waals surface area contributed by atoms with Crippen LogP contribution in [0.25, 0.3) is 11.0 Å². The fourth-order valence-corrected chi connectivity index (χ4v) is 1.42. The zero-order valence-electron chi connectivity index (χ0n) is 7.20. The number of halogens is 1. The van der Waals surface area contributed by atoms with Crippen LogP contribution in [-0.4, -0.2) is 19.7 Å². The number of hydrogen-bond donors (Lipinski definition) is 1. The second-order valence-corrected chi connectivity index (χ2v) is 3.06. The second-order valence-electron chi connectivity index (χ2n) is 2.71. The summed E-state index contributed by atoms with van der Waals surface area (Å²) in [5, 5.41) is 4.06. The Morgan fingerprint density at radius 1 is 1.71 bits per heavy atom. The fraction of sp³-hybridized carbons (Fsp3) is 0.125. The molecule has 1 N–H and O–H groups in total. The van der Waals surface area contributed by atoms with Crippen molar-refractivity contribution in [3.05, 3.63) is 34.5 Å². The highest BCUT2D eigenvalue weighted by Crippen LogP contribution is 2.07. The van der Waals surface area contributed by atoms with E-state index in [-0.39, 0.29) is 10.8 Å². The Balaban J connectivity index is 2.79. The second kappa shape index (κ2) is 3.26. The van der Waals surface area contributed by atoms with Crippen LogP contribution in [0.2, 0.25) is 5.28 Å². The predicted molar refractivity (Wildman–Crippen MR) is 53.4 cm³/mol. The smallest absolute Gasteiger partial charge is 0.278 e. The van der Waals surface area contributed by atoms with Gasteiger partial charge in [0.25, 0.3) is 5.56 Å². The molecule has 0 aliphatic carbocycles. The van der Waals surface area contributed by atoms with Crippen LogP contribution in [0.5, 0.6) is 0 Å². The Labute approximate surface area is 84.0 Å². The van der Waals surface area contributed by atoms with Gasteiger partial charge in [-0.3, -0.25) is 14.5 Å². The Morgan fingerprint density at radius 3 is 3.21 bits per heavy atom. The standard InChI is InChI=1S/C8H7ClN4O/c1-2-3-13-6-5(4-10-13)11-8(9)12-7(6)14/h2,4H,1,3H2,(H,11,12,14). The lowest BCUT2D eigenvalue weighted by atomic mass is 10.4. The molecule has 0 bridgehead atoms. The van der Waals surface area contributed by atoms with Gasteiger partial charge in [0.2, 0.25) is 5.28 Å². The van der Waals surface area contributed by atoms with E-state index in [0.717, 1.165) is 0 Å². The molecule has 0 fully saturated rings. The molecule has 0 spiro atoms. The SMILES string of the molecule is C=CCn1ncc2nc(Cl)[nH]c(=O)c21. The van der Waals surface area contributed by atoms with Crippen LogP contribution >= 0.6 is 11.6 Å². The van der Waals surface area contributed by atoms with Gasteiger partial charge in [-0.2, -0.15) is 5.10 Å². The molecule has 0 amide bonds. The molecular weight excluding hydrogens is 204 g/mol. The molecule has 0 saturated carbocycles. The molecule has 6 heteroatoms. The van der Waals surface area contributed by atoms with E-state index >= 15 is 0 Å². The summed E-state index contributed by atoms with van der Waals surface area (Å²) in [5.41, 5.74) is 0.606. The van der Waals surface area contributed by atoms with Gasteiger partial charge in [0.1, 0.15) is 5.52 Å². The predicted octanol–water partition coefficient (Wildman–Crippen LogP) is 0.959. The Kier molecular flexibility index (Phi) is 2.09. The molecule has 0 saturated heterocycles. The monoisotopic (exact) mass is 210 g/mol. The number of aromatic nitrogens is 4. The van der Waals surface area contributed by atoms with Gasteiger partial charge in [0.15, 0.2) is 5.52 Å². The Hall–Kier alpha value is -1.62. The van der Waals surface area contributed by atoms with Gasteiger partial charge >= 0.3 is 0 Å². The number of allylic oxidation sites excluding steroid dienone is 1. The molecule has 0 unspecified atom stereocenters. The lowest BCUT2D eigenvalue weighted by Crippen LogP contribution is -2.12. The summed E-state index contributed by atoms with van der Waals surface area (Å²) in [6.07, 6.45) is 3.15. The first-order chi connectivity index (χ1) is 6.72. The highest BCUT2D eigenvalue weighted by Gasteiger charge is 2.07. The van der Waals surface area contributed by atoms with Crippen molar-refractivity contribution in [1.82, 2.24) is 19.7 Å². The summed E-state index contributed by atoms with van der Waals surface area (Å²) in [7, 11) is 0. The van der Waals surface area contributed by atoms with E-state index in [4.69, 9.17) is 11.6 Å². The van der Waals surface area contributed by atoms with Crippen molar-refractivity contribution >= 4 is 22.6 Å². The zero-order chi connectivity index (χ0) is 10.1. The van der Waals surface area contributed by atoms with Crippen molar-refractivity contribution in [1.29, 1.82) is 0 Å². The first kappa shape index (κ1) is 8.96. The van der Waals surface area contributed by atoms with Crippen LogP contribution in [-0.2, 0) is 6.54 Å². The molecule has 5 nitrogen and oxygen atoms in total. The molecule has 2 heterocycles. The van der Waals surface area contributed by atoms with Crippen molar-refractivity contribution in [3.8, 4) is 0 Å². The van der Waals surface area contributed by atoms with Crippen molar-refractivity contribution in [2.45, 2.75) is 6.54 Å². The van der Waals surface area contributed by atoms with E-state index in [1.54, 1.807) is 6.08 Å². The van der Waals surface area contributed by atoms with Crippen molar-refractivity contribution in [2.24, 2.45) is 0 Å². The van der Waals surface area contributed by atoms with Gasteiger partial charge in [-0.25, -0.2) is 4.98 Å². The summed E-state index contributed by atoms with van der Waals surface area (Å²) < 4.78 is 1.52. The van der Waals surface area contributed by atoms with E-state index in [2.05, 4.69) is 21.6 Å². The third-order valence-electron chi connectivity index (χ3n) is 1.77. The molecule has 0 aliphatic rings. The van der Waals surface area contributed by atoms with Gasteiger partial charge in [-0.1, -0.05) is 6.08 Å². The largest absolute Gasteiger partial charge is 0.295 e. The molecular formula is C8H7ClN4O. The number of fused-ring (bicyclic) bond motifs is 1. The molecule has 14 heavy (non-hydrogen) atoms. The number of rotatable bonds is 2. The van der Waals surface area contributed by atoms with E-state index in [0.29, 0.717) is 17.6 Å². The van der Waals surface area contributed by atoms with Crippen molar-refractivity contribution in [2.75, 3.05) is 0 Å². The lowest BCUT2D eigenvalue weighted by molar-refractivity contribution is 0.725. The number of nitrogens with one attached hydrogen (secondary N) is 1. The van der Waals surface area contributed by atoms with Crippen LogP contribution in [0.1, 0.15) is 0 Å². The molecule has 0 atom stereocenters. The minimum Gasteiger partial charge on any atom is -0.295 e. The van der Waals surface area contributed by atoms with Gasteiger partial charge in [0, 0.05) is 0 Å². The third-order valence-corrected chi connectivity index (χ3v) is 1.95. The molecule has 2 aromatic heterocycles. The minimum atomic E-state index is -0.292. The summed E-state index contributed by atoms with van der Waals surface area (Å²) in [4.78, 5) is 17.8. The average molecular weight is 211 g/mol. The first-order valence-electron chi connectivity index (χ1n) is 3.94. The Bertz CT molecular complexity index is 542. The maximum absolute atomic E-state index is 11.5. The molecule has 72 valence electrons. The molecule has 0 aromatic carbocycles. The van der Waals surface area contributed by atoms with Crippen molar-refractivity contribution < 1.29 is 0 Å². The van der Waals surface area contributed by atoms with E-state index < -0.39 is 0 Å². The minimum absolute atomic E-state index is 0.0700.